The van der Waals surface area contributed by atoms with Gasteiger partial charge in [-0.3, -0.25) is 0 Å². The highest BCUT2D eigenvalue weighted by atomic mass is 32.2. The number of allylic oxidation sites excluding steroid dienone is 1. The molecule has 0 aromatic carbocycles. The van der Waals surface area contributed by atoms with Crippen molar-refractivity contribution in [3.05, 3.63) is 12.7 Å². The highest BCUT2D eigenvalue weighted by Gasteiger charge is 2.26. The van der Waals surface area contributed by atoms with Gasteiger partial charge in [-0.25, -0.2) is 13.6 Å². The average molecular weight is 219 g/mol. The lowest BCUT2D eigenvalue weighted by Gasteiger charge is -2.20. The van der Waals surface area contributed by atoms with Crippen LogP contribution in [0.3, 0.4) is 0 Å². The molecule has 0 spiro atoms. The van der Waals surface area contributed by atoms with Gasteiger partial charge >= 0.3 is 0 Å². The van der Waals surface area contributed by atoms with E-state index in [4.69, 9.17) is 5.14 Å². The minimum atomic E-state index is -3.41. The molecule has 0 aromatic heterocycles. The van der Waals surface area contributed by atoms with Gasteiger partial charge < -0.3 is 0 Å². The normalized spacial score (nSPS) is 16.2. The molecule has 2 N–H and O–H groups in total. The number of primary sulfonamides is 1. The maximum atomic E-state index is 11.3. The molecule has 14 heavy (non-hydrogen) atoms. The Morgan fingerprint density at radius 3 is 2.43 bits per heavy atom. The minimum absolute atomic E-state index is 0.0639. The zero-order chi connectivity index (χ0) is 11.2. The first-order valence-corrected chi connectivity index (χ1v) is 6.66. The van der Waals surface area contributed by atoms with Gasteiger partial charge in [0, 0.05) is 0 Å². The quantitative estimate of drug-likeness (QED) is 0.666. The molecule has 0 bridgehead atoms. The zero-order valence-corrected chi connectivity index (χ0v) is 9.89. The first kappa shape index (κ1) is 13.7. The molecule has 0 saturated carbocycles. The van der Waals surface area contributed by atoms with Gasteiger partial charge in [0.1, 0.15) is 0 Å². The highest BCUT2D eigenvalue weighted by Crippen LogP contribution is 2.20. The second-order valence-electron chi connectivity index (χ2n) is 3.77. The maximum Gasteiger partial charge on any atom is 0.212 e. The zero-order valence-electron chi connectivity index (χ0n) is 9.07. The van der Waals surface area contributed by atoms with E-state index < -0.39 is 15.3 Å². The van der Waals surface area contributed by atoms with Gasteiger partial charge in [-0.1, -0.05) is 32.8 Å². The Kier molecular flexibility index (Phi) is 6.04. The lowest BCUT2D eigenvalue weighted by atomic mass is 9.99. The van der Waals surface area contributed by atoms with Gasteiger partial charge in [-0.2, -0.15) is 0 Å². The number of rotatable bonds is 7. The van der Waals surface area contributed by atoms with E-state index in [2.05, 4.69) is 6.58 Å². The molecule has 2 atom stereocenters. The molecule has 0 aliphatic rings. The second-order valence-corrected chi connectivity index (χ2v) is 5.55. The number of hydrogen-bond donors (Lipinski definition) is 1. The van der Waals surface area contributed by atoms with Crippen LogP contribution in [0.4, 0.5) is 0 Å². The van der Waals surface area contributed by atoms with Gasteiger partial charge in [0.25, 0.3) is 0 Å². The number of hydrogen-bond acceptors (Lipinski definition) is 2. The molecule has 0 amide bonds. The van der Waals surface area contributed by atoms with Crippen molar-refractivity contribution in [2.75, 3.05) is 0 Å². The monoisotopic (exact) mass is 219 g/mol. The van der Waals surface area contributed by atoms with E-state index in [1.165, 1.54) is 0 Å². The van der Waals surface area contributed by atoms with Gasteiger partial charge in [-0.05, 0) is 18.8 Å². The third-order valence-corrected chi connectivity index (χ3v) is 3.98. The van der Waals surface area contributed by atoms with Gasteiger partial charge in [0.05, 0.1) is 5.25 Å². The third kappa shape index (κ3) is 4.77. The molecule has 4 heteroatoms. The van der Waals surface area contributed by atoms with Crippen LogP contribution in [0, 0.1) is 5.92 Å². The molecule has 0 aromatic rings. The summed E-state index contributed by atoms with van der Waals surface area (Å²) < 4.78 is 22.6. The molecule has 0 heterocycles. The Balaban J connectivity index is 4.46. The molecule has 0 radical (unpaired) electrons. The first-order valence-electron chi connectivity index (χ1n) is 5.06. The number of unbranched alkanes of at least 4 members (excludes halogenated alkanes) is 1. The van der Waals surface area contributed by atoms with Crippen molar-refractivity contribution < 1.29 is 8.42 Å². The van der Waals surface area contributed by atoms with Crippen molar-refractivity contribution >= 4 is 10.0 Å². The van der Waals surface area contributed by atoms with E-state index in [1.54, 1.807) is 6.08 Å². The smallest absolute Gasteiger partial charge is 0.212 e. The fourth-order valence-corrected chi connectivity index (χ4v) is 2.85. The fourth-order valence-electron chi connectivity index (χ4n) is 1.59. The molecule has 84 valence electrons. The van der Waals surface area contributed by atoms with Crippen LogP contribution in [0.25, 0.3) is 0 Å². The van der Waals surface area contributed by atoms with Crippen molar-refractivity contribution in [1.82, 2.24) is 0 Å². The summed E-state index contributed by atoms with van der Waals surface area (Å²) in [7, 11) is -3.41. The van der Waals surface area contributed by atoms with Crippen LogP contribution in [0.1, 0.15) is 39.5 Å². The van der Waals surface area contributed by atoms with E-state index >= 15 is 0 Å². The molecule has 0 aliphatic carbocycles. The van der Waals surface area contributed by atoms with E-state index in [9.17, 15) is 8.42 Å². The van der Waals surface area contributed by atoms with E-state index in [0.29, 0.717) is 12.8 Å². The molecular formula is C10H21NO2S. The van der Waals surface area contributed by atoms with Crippen molar-refractivity contribution in [1.29, 1.82) is 0 Å². The van der Waals surface area contributed by atoms with E-state index in [-0.39, 0.29) is 5.92 Å². The van der Waals surface area contributed by atoms with Gasteiger partial charge in [-0.15, -0.1) is 6.58 Å². The summed E-state index contributed by atoms with van der Waals surface area (Å²) in [5.74, 6) is 0.0639. The van der Waals surface area contributed by atoms with Crippen LogP contribution in [0.2, 0.25) is 0 Å². The highest BCUT2D eigenvalue weighted by molar-refractivity contribution is 7.89. The molecule has 3 nitrogen and oxygen atoms in total. The summed E-state index contributed by atoms with van der Waals surface area (Å²) in [6.07, 6.45) is 5.00. The Morgan fingerprint density at radius 1 is 1.50 bits per heavy atom. The summed E-state index contributed by atoms with van der Waals surface area (Å²) in [5.41, 5.74) is 0. The first-order chi connectivity index (χ1) is 6.43. The van der Waals surface area contributed by atoms with Gasteiger partial charge in [0.15, 0.2) is 0 Å². The SMILES string of the molecule is C=CC[C@H](C)[C@H](CCCC)S(N)(=O)=O. The predicted octanol–water partition coefficient (Wildman–Crippen LogP) is 2.05. The third-order valence-electron chi connectivity index (χ3n) is 2.44. The molecule has 0 saturated heterocycles. The lowest BCUT2D eigenvalue weighted by molar-refractivity contribution is 0.478. The van der Waals surface area contributed by atoms with E-state index in [0.717, 1.165) is 12.8 Å². The molecule has 0 aliphatic heterocycles. The second kappa shape index (κ2) is 6.19. The van der Waals surface area contributed by atoms with Gasteiger partial charge in [0.2, 0.25) is 10.0 Å². The fraction of sp³-hybridized carbons (Fsp3) is 0.800. The van der Waals surface area contributed by atoms with Crippen LogP contribution in [0.15, 0.2) is 12.7 Å². The van der Waals surface area contributed by atoms with Crippen molar-refractivity contribution in [2.45, 2.75) is 44.8 Å². The summed E-state index contributed by atoms with van der Waals surface area (Å²) in [5, 5.41) is 4.77. The Bertz CT molecular complexity index is 259. The van der Waals surface area contributed by atoms with Crippen LogP contribution in [0.5, 0.6) is 0 Å². The molecule has 0 fully saturated rings. The standard InChI is InChI=1S/C10H21NO2S/c1-4-6-8-10(14(11,12)13)9(3)7-5-2/h5,9-10H,2,4,6-8H2,1,3H3,(H2,11,12,13)/t9-,10-/m0/s1. The lowest BCUT2D eigenvalue weighted by Crippen LogP contribution is -2.33. The van der Waals surface area contributed by atoms with Crippen LogP contribution in [-0.2, 0) is 10.0 Å². The van der Waals surface area contributed by atoms with Crippen LogP contribution >= 0.6 is 0 Å². The van der Waals surface area contributed by atoms with E-state index in [1.807, 2.05) is 13.8 Å². The van der Waals surface area contributed by atoms with Crippen LogP contribution < -0.4 is 5.14 Å². The van der Waals surface area contributed by atoms with Crippen LogP contribution in [-0.4, -0.2) is 13.7 Å². The maximum absolute atomic E-state index is 11.3. The number of sulfonamides is 1. The Morgan fingerprint density at radius 2 is 2.07 bits per heavy atom. The summed E-state index contributed by atoms with van der Waals surface area (Å²) in [6, 6.07) is 0. The number of nitrogens with two attached hydrogens (primary N) is 1. The van der Waals surface area contributed by atoms with Crippen molar-refractivity contribution in [3.8, 4) is 0 Å². The largest absolute Gasteiger partial charge is 0.228 e. The summed E-state index contributed by atoms with van der Waals surface area (Å²) in [6.45, 7) is 7.56. The molecular weight excluding hydrogens is 198 g/mol. The van der Waals surface area contributed by atoms with Crippen molar-refractivity contribution in [3.63, 3.8) is 0 Å². The summed E-state index contributed by atoms with van der Waals surface area (Å²) >= 11 is 0. The molecule has 0 rings (SSSR count). The Labute approximate surface area is 87.4 Å². The topological polar surface area (TPSA) is 60.2 Å². The summed E-state index contributed by atoms with van der Waals surface area (Å²) in [4.78, 5) is 0. The average Bonchev–Trinajstić information content (AvgIpc) is 2.03. The minimum Gasteiger partial charge on any atom is -0.228 e. The molecule has 0 unspecified atom stereocenters. The van der Waals surface area contributed by atoms with Crippen molar-refractivity contribution in [2.24, 2.45) is 11.1 Å². The predicted molar refractivity (Wildman–Crippen MR) is 60.4 cm³/mol. The Hall–Kier alpha value is -0.350.